The van der Waals surface area contributed by atoms with Gasteiger partial charge in [-0.05, 0) is 38.5 Å². The maximum absolute atomic E-state index is 2.65. The van der Waals surface area contributed by atoms with Crippen LogP contribution in [0.15, 0.2) is 0 Å². The molecule has 0 unspecified atom stereocenters. The Kier molecular flexibility index (Phi) is 13.4. The van der Waals surface area contributed by atoms with Crippen LogP contribution >= 0.6 is 0 Å². The molecule has 0 aromatic rings. The second-order valence-corrected chi connectivity index (χ2v) is 6.26. The van der Waals surface area contributed by atoms with Crippen molar-refractivity contribution in [3.8, 4) is 0 Å². The lowest BCUT2D eigenvalue weighted by atomic mass is 10.3. The minimum absolute atomic E-state index is 1.18. The van der Waals surface area contributed by atoms with Crippen LogP contribution in [0.5, 0.6) is 0 Å². The Hall–Kier alpha value is -0.730. The van der Waals surface area contributed by atoms with Crippen molar-refractivity contribution in [2.75, 3.05) is 39.3 Å². The highest BCUT2D eigenvalue weighted by molar-refractivity contribution is 5.75. The molecule has 22 heavy (non-hydrogen) atoms. The summed E-state index contributed by atoms with van der Waals surface area (Å²) in [5.74, 6) is 1.51. The smallest absolute Gasteiger partial charge is 0.265 e. The predicted octanol–water partition coefficient (Wildman–Crippen LogP) is 4.42. The van der Waals surface area contributed by atoms with E-state index in [1.807, 2.05) is 0 Å². The Morgan fingerprint density at radius 3 is 1.09 bits per heavy atom. The lowest BCUT2D eigenvalue weighted by molar-refractivity contribution is -0.538. The van der Waals surface area contributed by atoms with Crippen molar-refractivity contribution < 1.29 is 4.58 Å². The minimum Gasteiger partial charge on any atom is -0.265 e. The molecule has 0 heterocycles. The molecule has 0 saturated heterocycles. The summed E-state index contributed by atoms with van der Waals surface area (Å²) >= 11 is 0. The molecule has 0 rings (SSSR count). The van der Waals surface area contributed by atoms with Gasteiger partial charge in [-0.15, -0.1) is 0 Å². The van der Waals surface area contributed by atoms with Gasteiger partial charge in [0.2, 0.25) is 0 Å². The van der Waals surface area contributed by atoms with Crippen LogP contribution in [-0.4, -0.2) is 59.6 Å². The number of nitrogens with zero attached hydrogens (tertiary/aromatic N) is 3. The normalized spacial score (nSPS) is 10.6. The molecule has 0 fully saturated rings. The molecule has 0 aromatic carbocycles. The predicted molar refractivity (Wildman–Crippen MR) is 99.9 cm³/mol. The zero-order chi connectivity index (χ0) is 16.8. The van der Waals surface area contributed by atoms with E-state index in [4.69, 9.17) is 0 Å². The topological polar surface area (TPSA) is 9.49 Å². The van der Waals surface area contributed by atoms with Gasteiger partial charge in [0.25, 0.3) is 0 Å². The standard InChI is InChI=1S/C19H42N3/c1-7-13-20(14-8-2)19(21(15-9-3)16-10-4)22(17-11-5)18-12-6/h7-18H2,1-6H3/q+1. The number of guanidine groups is 1. The van der Waals surface area contributed by atoms with E-state index in [0.717, 1.165) is 0 Å². The summed E-state index contributed by atoms with van der Waals surface area (Å²) in [6.07, 6.45) is 7.34. The Morgan fingerprint density at radius 2 is 0.864 bits per heavy atom. The first kappa shape index (κ1) is 21.3. The largest absolute Gasteiger partial charge is 0.350 e. The Labute approximate surface area is 140 Å². The van der Waals surface area contributed by atoms with Gasteiger partial charge in [0.05, 0.1) is 39.3 Å². The Morgan fingerprint density at radius 1 is 0.545 bits per heavy atom. The van der Waals surface area contributed by atoms with Crippen LogP contribution in [0.3, 0.4) is 0 Å². The molecule has 0 atom stereocenters. The highest BCUT2D eigenvalue weighted by atomic mass is 15.4. The molecular formula is C19H42N3+. The fourth-order valence-corrected chi connectivity index (χ4v) is 3.15. The van der Waals surface area contributed by atoms with Crippen molar-refractivity contribution in [2.45, 2.75) is 80.1 Å². The average Bonchev–Trinajstić information content (AvgIpc) is 2.49. The van der Waals surface area contributed by atoms with Crippen molar-refractivity contribution in [3.63, 3.8) is 0 Å². The zero-order valence-electron chi connectivity index (χ0n) is 16.3. The Bertz CT molecular complexity index is 248. The van der Waals surface area contributed by atoms with Crippen LogP contribution in [0.1, 0.15) is 80.1 Å². The first-order valence-corrected chi connectivity index (χ1v) is 9.81. The molecule has 0 N–H and O–H groups in total. The van der Waals surface area contributed by atoms with E-state index in [9.17, 15) is 0 Å². The van der Waals surface area contributed by atoms with Gasteiger partial charge in [0.15, 0.2) is 0 Å². The molecule has 0 spiro atoms. The van der Waals surface area contributed by atoms with E-state index < -0.39 is 0 Å². The fraction of sp³-hybridized carbons (Fsp3) is 0.947. The third-order valence-electron chi connectivity index (χ3n) is 3.81. The van der Waals surface area contributed by atoms with Gasteiger partial charge in [-0.25, -0.2) is 0 Å². The first-order valence-electron chi connectivity index (χ1n) is 9.81. The molecule has 0 bridgehead atoms. The van der Waals surface area contributed by atoms with Gasteiger partial charge >= 0.3 is 5.96 Å². The van der Waals surface area contributed by atoms with E-state index in [1.165, 1.54) is 83.8 Å². The van der Waals surface area contributed by atoms with Gasteiger partial charge in [0, 0.05) is 0 Å². The highest BCUT2D eigenvalue weighted by Gasteiger charge is 2.27. The second-order valence-electron chi connectivity index (χ2n) is 6.26. The maximum atomic E-state index is 2.65. The third-order valence-corrected chi connectivity index (χ3v) is 3.81. The molecule has 0 radical (unpaired) electrons. The molecule has 132 valence electrons. The lowest BCUT2D eigenvalue weighted by Crippen LogP contribution is -2.51. The molecule has 0 aliphatic rings. The summed E-state index contributed by atoms with van der Waals surface area (Å²) in [7, 11) is 0. The second kappa shape index (κ2) is 13.9. The van der Waals surface area contributed by atoms with Crippen molar-refractivity contribution in [2.24, 2.45) is 0 Å². The number of hydrogen-bond acceptors (Lipinski definition) is 0. The summed E-state index contributed by atoms with van der Waals surface area (Å²) in [4.78, 5) is 5.30. The van der Waals surface area contributed by atoms with Crippen LogP contribution in [0.2, 0.25) is 0 Å². The molecule has 0 aliphatic carbocycles. The first-order chi connectivity index (χ1) is 10.7. The van der Waals surface area contributed by atoms with E-state index in [-0.39, 0.29) is 0 Å². The molecule has 0 aliphatic heterocycles. The van der Waals surface area contributed by atoms with Crippen molar-refractivity contribution in [1.29, 1.82) is 0 Å². The lowest BCUT2D eigenvalue weighted by Gasteiger charge is -2.30. The van der Waals surface area contributed by atoms with Gasteiger partial charge < -0.3 is 0 Å². The summed E-state index contributed by atoms with van der Waals surface area (Å²) < 4.78 is 2.65. The monoisotopic (exact) mass is 312 g/mol. The summed E-state index contributed by atoms with van der Waals surface area (Å²) in [5.41, 5.74) is 0. The van der Waals surface area contributed by atoms with E-state index in [1.54, 1.807) is 0 Å². The van der Waals surface area contributed by atoms with Gasteiger partial charge in [0.1, 0.15) is 0 Å². The highest BCUT2D eigenvalue weighted by Crippen LogP contribution is 2.07. The summed E-state index contributed by atoms with van der Waals surface area (Å²) in [5, 5.41) is 0. The molecule has 3 nitrogen and oxygen atoms in total. The van der Waals surface area contributed by atoms with Gasteiger partial charge in [-0.3, -0.25) is 14.4 Å². The van der Waals surface area contributed by atoms with Crippen LogP contribution in [0.25, 0.3) is 0 Å². The molecule has 0 aromatic heterocycles. The summed E-state index contributed by atoms with van der Waals surface area (Å²) in [6, 6.07) is 0. The summed E-state index contributed by atoms with van der Waals surface area (Å²) in [6.45, 7) is 20.9. The molecule has 0 saturated carbocycles. The maximum Gasteiger partial charge on any atom is 0.350 e. The van der Waals surface area contributed by atoms with Crippen LogP contribution < -0.4 is 0 Å². The Balaban J connectivity index is 5.68. The van der Waals surface area contributed by atoms with Gasteiger partial charge in [-0.1, -0.05) is 41.5 Å². The van der Waals surface area contributed by atoms with E-state index >= 15 is 0 Å². The van der Waals surface area contributed by atoms with Crippen LogP contribution in [0.4, 0.5) is 0 Å². The third kappa shape index (κ3) is 7.51. The van der Waals surface area contributed by atoms with E-state index in [0.29, 0.717) is 0 Å². The molecular weight excluding hydrogens is 270 g/mol. The zero-order valence-corrected chi connectivity index (χ0v) is 16.3. The molecule has 0 amide bonds. The SMILES string of the molecule is CCCN(CCC)C(N(CCC)CCC)=[N+](CCC)CCC. The fourth-order valence-electron chi connectivity index (χ4n) is 3.15. The minimum atomic E-state index is 1.18. The van der Waals surface area contributed by atoms with Crippen LogP contribution in [-0.2, 0) is 0 Å². The van der Waals surface area contributed by atoms with Gasteiger partial charge in [-0.2, -0.15) is 0 Å². The van der Waals surface area contributed by atoms with E-state index in [2.05, 4.69) is 55.9 Å². The van der Waals surface area contributed by atoms with Crippen molar-refractivity contribution in [3.05, 3.63) is 0 Å². The molecule has 3 heteroatoms. The average molecular weight is 313 g/mol. The quantitative estimate of drug-likeness (QED) is 0.300. The van der Waals surface area contributed by atoms with Crippen molar-refractivity contribution >= 4 is 5.96 Å². The van der Waals surface area contributed by atoms with Crippen LogP contribution in [0, 0.1) is 0 Å². The van der Waals surface area contributed by atoms with Crippen molar-refractivity contribution in [1.82, 2.24) is 9.80 Å². The number of hydrogen-bond donors (Lipinski definition) is 0. The number of rotatable bonds is 12.